The summed E-state index contributed by atoms with van der Waals surface area (Å²) in [6, 6.07) is 11.8. The maximum Gasteiger partial charge on any atom is 0.261 e. The molecular formula is C30H36N4O4. The number of carbonyl (C=O) groups excluding carboxylic acids is 2. The summed E-state index contributed by atoms with van der Waals surface area (Å²) in [5, 5.41) is 1.26. The second kappa shape index (κ2) is 11.8. The molecule has 1 fully saturated rings. The number of carbonyl (C=O) groups is 2. The van der Waals surface area contributed by atoms with E-state index in [0.29, 0.717) is 25.3 Å². The first-order chi connectivity index (χ1) is 18.2. The summed E-state index contributed by atoms with van der Waals surface area (Å²) in [4.78, 5) is 44.7. The Balaban J connectivity index is 1.73. The Kier molecular flexibility index (Phi) is 8.44. The predicted molar refractivity (Wildman–Crippen MR) is 148 cm³/mol. The van der Waals surface area contributed by atoms with Gasteiger partial charge in [-0.3, -0.25) is 24.7 Å². The standard InChI is InChI=1S/C30H36N4O4/c1-5-27(35)32-34(19-25-21(2)17-22(3)31-28(25)36)29(37)26-18-24(23-9-7-6-8-10-23)11-12-30(26,4)20-33-13-15-38-16-14-33/h5-12,17-18,26H,1,13-16,19-20H2,2-4H3,(H,31,36)(H,32,35). The van der Waals surface area contributed by atoms with Gasteiger partial charge in [-0.1, -0.05) is 62.1 Å². The molecule has 2 N–H and O–H groups in total. The molecule has 0 bridgehead atoms. The number of hydrazine groups is 1. The first-order valence-electron chi connectivity index (χ1n) is 12.9. The summed E-state index contributed by atoms with van der Waals surface area (Å²) in [6.07, 6.45) is 7.27. The number of benzene rings is 1. The van der Waals surface area contributed by atoms with Crippen molar-refractivity contribution in [2.45, 2.75) is 27.3 Å². The molecule has 2 atom stereocenters. The lowest BCUT2D eigenvalue weighted by Gasteiger charge is -2.42. The van der Waals surface area contributed by atoms with Gasteiger partial charge in [-0.15, -0.1) is 0 Å². The molecule has 4 rings (SSSR count). The molecule has 2 amide bonds. The summed E-state index contributed by atoms with van der Waals surface area (Å²) in [7, 11) is 0. The first kappa shape index (κ1) is 27.3. The molecule has 2 aliphatic rings. The van der Waals surface area contributed by atoms with Crippen molar-refractivity contribution >= 4 is 17.4 Å². The second-order valence-electron chi connectivity index (χ2n) is 10.2. The van der Waals surface area contributed by atoms with Gasteiger partial charge < -0.3 is 9.72 Å². The Morgan fingerprint density at radius 3 is 2.61 bits per heavy atom. The number of ether oxygens (including phenoxy) is 1. The van der Waals surface area contributed by atoms with Crippen LogP contribution in [0.2, 0.25) is 0 Å². The topological polar surface area (TPSA) is 94.7 Å². The molecule has 1 aromatic heterocycles. The van der Waals surface area contributed by atoms with E-state index in [4.69, 9.17) is 4.74 Å². The highest BCUT2D eigenvalue weighted by molar-refractivity contribution is 5.92. The molecule has 2 heterocycles. The van der Waals surface area contributed by atoms with Crippen LogP contribution in [-0.2, 0) is 20.9 Å². The Morgan fingerprint density at radius 2 is 1.95 bits per heavy atom. The van der Waals surface area contributed by atoms with E-state index in [9.17, 15) is 14.4 Å². The number of amides is 2. The molecule has 1 saturated heterocycles. The van der Waals surface area contributed by atoms with E-state index in [0.717, 1.165) is 41.6 Å². The molecular weight excluding hydrogens is 480 g/mol. The molecule has 2 aromatic rings. The predicted octanol–water partition coefficient (Wildman–Crippen LogP) is 3.15. The Morgan fingerprint density at radius 1 is 1.24 bits per heavy atom. The van der Waals surface area contributed by atoms with E-state index >= 15 is 0 Å². The Hall–Kier alpha value is -3.75. The normalized spacial score (nSPS) is 21.4. The van der Waals surface area contributed by atoms with Crippen LogP contribution in [0.25, 0.3) is 5.57 Å². The number of allylic oxidation sites excluding steroid dienone is 2. The van der Waals surface area contributed by atoms with Gasteiger partial charge in [0.05, 0.1) is 25.7 Å². The lowest BCUT2D eigenvalue weighted by Crippen LogP contribution is -2.53. The maximum atomic E-state index is 14.3. The lowest BCUT2D eigenvalue weighted by molar-refractivity contribution is -0.145. The monoisotopic (exact) mass is 516 g/mol. The van der Waals surface area contributed by atoms with Crippen LogP contribution in [0.5, 0.6) is 0 Å². The van der Waals surface area contributed by atoms with Gasteiger partial charge in [0.15, 0.2) is 0 Å². The molecule has 2 unspecified atom stereocenters. The highest BCUT2D eigenvalue weighted by Gasteiger charge is 2.42. The average Bonchev–Trinajstić information content (AvgIpc) is 2.90. The third kappa shape index (κ3) is 6.20. The number of aryl methyl sites for hydroxylation is 2. The van der Waals surface area contributed by atoms with Gasteiger partial charge in [-0.25, -0.2) is 5.01 Å². The number of morpholine rings is 1. The van der Waals surface area contributed by atoms with Gasteiger partial charge in [0, 0.05) is 36.3 Å². The number of pyridine rings is 1. The SMILES string of the molecule is C=CC(=O)NN(Cc1c(C)cc(C)[nH]c1=O)C(=O)C1C=C(c2ccccc2)C=CC1(C)CN1CCOCC1. The van der Waals surface area contributed by atoms with Crippen LogP contribution in [0.15, 0.2) is 72.1 Å². The number of aromatic amines is 1. The minimum absolute atomic E-state index is 0.0672. The van der Waals surface area contributed by atoms with E-state index in [-0.39, 0.29) is 18.0 Å². The van der Waals surface area contributed by atoms with Crippen molar-refractivity contribution in [2.75, 3.05) is 32.8 Å². The molecule has 1 aliphatic heterocycles. The highest BCUT2D eigenvalue weighted by Crippen LogP contribution is 2.40. The van der Waals surface area contributed by atoms with Gasteiger partial charge >= 0.3 is 0 Å². The third-order valence-electron chi connectivity index (χ3n) is 7.25. The van der Waals surface area contributed by atoms with Crippen LogP contribution in [0.3, 0.4) is 0 Å². The molecule has 8 nitrogen and oxygen atoms in total. The summed E-state index contributed by atoms with van der Waals surface area (Å²) in [6.45, 7) is 12.7. The molecule has 1 aromatic carbocycles. The van der Waals surface area contributed by atoms with Gasteiger partial charge in [-0.05, 0) is 42.7 Å². The van der Waals surface area contributed by atoms with Crippen LogP contribution >= 0.6 is 0 Å². The number of nitrogens with zero attached hydrogens (tertiary/aromatic N) is 2. The van der Waals surface area contributed by atoms with Crippen molar-refractivity contribution in [1.29, 1.82) is 0 Å². The number of hydrogen-bond acceptors (Lipinski definition) is 5. The van der Waals surface area contributed by atoms with Crippen LogP contribution in [-0.4, -0.2) is 59.6 Å². The van der Waals surface area contributed by atoms with Gasteiger partial charge in [0.2, 0.25) is 5.91 Å². The number of hydrogen-bond donors (Lipinski definition) is 2. The fourth-order valence-corrected chi connectivity index (χ4v) is 5.13. The van der Waals surface area contributed by atoms with Gasteiger partial charge in [-0.2, -0.15) is 0 Å². The van der Waals surface area contributed by atoms with E-state index < -0.39 is 17.2 Å². The lowest BCUT2D eigenvalue weighted by atomic mass is 9.71. The maximum absolute atomic E-state index is 14.3. The summed E-state index contributed by atoms with van der Waals surface area (Å²) in [5.74, 6) is -1.42. The second-order valence-corrected chi connectivity index (χ2v) is 10.2. The van der Waals surface area contributed by atoms with Crippen molar-refractivity contribution in [3.05, 3.63) is 100 Å². The van der Waals surface area contributed by atoms with Crippen LogP contribution in [0.1, 0.15) is 29.3 Å². The first-order valence-corrected chi connectivity index (χ1v) is 12.9. The van der Waals surface area contributed by atoms with Gasteiger partial charge in [0.1, 0.15) is 0 Å². The van der Waals surface area contributed by atoms with Crippen molar-refractivity contribution < 1.29 is 14.3 Å². The zero-order valence-corrected chi connectivity index (χ0v) is 22.3. The average molecular weight is 517 g/mol. The zero-order valence-electron chi connectivity index (χ0n) is 22.3. The van der Waals surface area contributed by atoms with E-state index in [1.54, 1.807) is 0 Å². The van der Waals surface area contributed by atoms with E-state index in [1.165, 1.54) is 5.01 Å². The van der Waals surface area contributed by atoms with Crippen molar-refractivity contribution in [2.24, 2.45) is 11.3 Å². The Labute approximate surface area is 223 Å². The van der Waals surface area contributed by atoms with Gasteiger partial charge in [0.25, 0.3) is 11.5 Å². The number of H-pyrrole nitrogens is 1. The smallest absolute Gasteiger partial charge is 0.261 e. The molecule has 38 heavy (non-hydrogen) atoms. The minimum atomic E-state index is -0.597. The van der Waals surface area contributed by atoms with Crippen LogP contribution < -0.4 is 11.0 Å². The summed E-state index contributed by atoms with van der Waals surface area (Å²) >= 11 is 0. The number of nitrogens with one attached hydrogen (secondary N) is 2. The molecule has 0 saturated carbocycles. The zero-order chi connectivity index (χ0) is 27.3. The molecule has 0 radical (unpaired) electrons. The highest BCUT2D eigenvalue weighted by atomic mass is 16.5. The minimum Gasteiger partial charge on any atom is -0.379 e. The fraction of sp³-hybridized carbons (Fsp3) is 0.367. The van der Waals surface area contributed by atoms with Crippen molar-refractivity contribution in [3.63, 3.8) is 0 Å². The summed E-state index contributed by atoms with van der Waals surface area (Å²) < 4.78 is 5.53. The quantitative estimate of drug-likeness (QED) is 0.436. The summed E-state index contributed by atoms with van der Waals surface area (Å²) in [5.41, 5.74) is 5.66. The molecule has 8 heteroatoms. The van der Waals surface area contributed by atoms with Crippen LogP contribution in [0, 0.1) is 25.2 Å². The van der Waals surface area contributed by atoms with E-state index in [2.05, 4.69) is 41.0 Å². The third-order valence-corrected chi connectivity index (χ3v) is 7.25. The Bertz CT molecular complexity index is 1310. The van der Waals surface area contributed by atoms with Crippen molar-refractivity contribution in [1.82, 2.24) is 20.3 Å². The number of aromatic nitrogens is 1. The molecule has 1 aliphatic carbocycles. The van der Waals surface area contributed by atoms with Crippen LogP contribution in [0.4, 0.5) is 0 Å². The molecule has 0 spiro atoms. The largest absolute Gasteiger partial charge is 0.379 e. The van der Waals surface area contributed by atoms with E-state index in [1.807, 2.05) is 56.3 Å². The number of rotatable bonds is 7. The van der Waals surface area contributed by atoms with Crippen molar-refractivity contribution in [3.8, 4) is 0 Å². The molecule has 200 valence electrons. The fourth-order valence-electron chi connectivity index (χ4n) is 5.13.